The molecule has 0 amide bonds. The molecular weight excluding hydrogens is 768 g/mol. The van der Waals surface area contributed by atoms with Gasteiger partial charge in [-0.2, -0.15) is 13.2 Å². The first-order valence-electron chi connectivity index (χ1n) is 21.9. The lowest BCUT2D eigenvalue weighted by Crippen LogP contribution is -2.12. The second-order valence-corrected chi connectivity index (χ2v) is 17.9. The first-order valence-corrected chi connectivity index (χ1v) is 21.9. The van der Waals surface area contributed by atoms with Gasteiger partial charge in [-0.05, 0) is 184 Å². The summed E-state index contributed by atoms with van der Waals surface area (Å²) < 4.78 is 44.4. The van der Waals surface area contributed by atoms with Crippen molar-refractivity contribution in [2.75, 3.05) is 0 Å². The Hall–Kier alpha value is -5.87. The van der Waals surface area contributed by atoms with Crippen LogP contribution in [0.25, 0.3) is 34.4 Å². The van der Waals surface area contributed by atoms with Gasteiger partial charge >= 0.3 is 6.18 Å². The van der Waals surface area contributed by atoms with E-state index in [2.05, 4.69) is 177 Å². The number of hydrogen-bond donors (Lipinski definition) is 1. The van der Waals surface area contributed by atoms with E-state index in [4.69, 9.17) is 0 Å². The Morgan fingerprint density at radius 1 is 0.710 bits per heavy atom. The van der Waals surface area contributed by atoms with E-state index in [0.717, 1.165) is 72.6 Å². The number of rotatable bonds is 8. The summed E-state index contributed by atoms with van der Waals surface area (Å²) in [6.07, 6.45) is 12.7. The molecule has 318 valence electrons. The van der Waals surface area contributed by atoms with Crippen LogP contribution in [0.15, 0.2) is 137 Å². The molecule has 1 heterocycles. The summed E-state index contributed by atoms with van der Waals surface area (Å²) in [5.74, 6) is 0.542. The molecule has 0 spiro atoms. The SMILES string of the molecule is CC1=CC(C)[C@@H](/C=C/c2[nH]c(/C(=C3\CCC=C(/C=C/c4c(C)cc(C)cc4C)C(c4ccccc4C)=C3C)c3cc(C)cc(C(F)(F)F)c3)c(C)c2-c2ccccc2C)C(C)=C1. The predicted molar refractivity (Wildman–Crippen MR) is 258 cm³/mol. The number of aromatic amines is 1. The van der Waals surface area contributed by atoms with Crippen LogP contribution < -0.4 is 0 Å². The summed E-state index contributed by atoms with van der Waals surface area (Å²) in [5, 5.41) is 0. The number of hydrogen-bond acceptors (Lipinski definition) is 0. The summed E-state index contributed by atoms with van der Waals surface area (Å²) in [6.45, 7) is 23.4. The fourth-order valence-corrected chi connectivity index (χ4v) is 10.0. The maximum atomic E-state index is 14.8. The molecule has 2 aliphatic carbocycles. The summed E-state index contributed by atoms with van der Waals surface area (Å²) in [6, 6.07) is 25.8. The van der Waals surface area contributed by atoms with Gasteiger partial charge in [0.05, 0.1) is 11.3 Å². The molecule has 0 radical (unpaired) electrons. The Morgan fingerprint density at radius 2 is 1.34 bits per heavy atom. The van der Waals surface area contributed by atoms with E-state index in [1.807, 2.05) is 6.07 Å². The maximum absolute atomic E-state index is 14.8. The highest BCUT2D eigenvalue weighted by atomic mass is 19.4. The van der Waals surface area contributed by atoms with Crippen molar-refractivity contribution in [3.05, 3.63) is 210 Å². The Morgan fingerprint density at radius 3 is 1.97 bits per heavy atom. The van der Waals surface area contributed by atoms with E-state index in [1.54, 1.807) is 6.92 Å². The van der Waals surface area contributed by atoms with Crippen LogP contribution in [0.5, 0.6) is 0 Å². The van der Waals surface area contributed by atoms with E-state index >= 15 is 0 Å². The monoisotopic (exact) mass is 827 g/mol. The molecule has 4 heteroatoms. The van der Waals surface area contributed by atoms with Gasteiger partial charge in [0.25, 0.3) is 0 Å². The van der Waals surface area contributed by atoms with Crippen LogP contribution in [0.3, 0.4) is 0 Å². The van der Waals surface area contributed by atoms with Crippen LogP contribution in [0.4, 0.5) is 13.2 Å². The number of allylic oxidation sites excluding steroid dienone is 11. The number of alkyl halides is 3. The average Bonchev–Trinajstić information content (AvgIpc) is 3.41. The molecule has 0 fully saturated rings. The summed E-state index contributed by atoms with van der Waals surface area (Å²) in [7, 11) is 0. The maximum Gasteiger partial charge on any atom is 0.416 e. The molecule has 0 bridgehead atoms. The molecule has 1 aromatic heterocycles. The third-order valence-corrected chi connectivity index (χ3v) is 12.9. The molecule has 2 aliphatic rings. The lowest BCUT2D eigenvalue weighted by Gasteiger charge is -2.24. The summed E-state index contributed by atoms with van der Waals surface area (Å²) in [4.78, 5) is 3.89. The highest BCUT2D eigenvalue weighted by Gasteiger charge is 2.33. The normalized spacial score (nSPS) is 18.3. The minimum atomic E-state index is -4.51. The van der Waals surface area contributed by atoms with E-state index < -0.39 is 11.7 Å². The zero-order valence-electron chi connectivity index (χ0n) is 38.2. The van der Waals surface area contributed by atoms with Crippen molar-refractivity contribution in [3.63, 3.8) is 0 Å². The smallest absolute Gasteiger partial charge is 0.354 e. The summed E-state index contributed by atoms with van der Waals surface area (Å²) >= 11 is 0. The number of benzene rings is 4. The van der Waals surface area contributed by atoms with Crippen molar-refractivity contribution in [1.82, 2.24) is 4.98 Å². The average molecular weight is 828 g/mol. The van der Waals surface area contributed by atoms with Gasteiger partial charge in [0.2, 0.25) is 0 Å². The molecule has 0 aliphatic heterocycles. The fourth-order valence-electron chi connectivity index (χ4n) is 10.0. The van der Waals surface area contributed by atoms with E-state index in [-0.39, 0.29) is 5.92 Å². The second-order valence-electron chi connectivity index (χ2n) is 17.9. The standard InChI is InChI=1S/C58H60F3N/c1-34-27-39(6)48(40(7)28-34)24-23-45-19-16-22-52(43(10)54(45)50-20-14-12-17-37(50)4)56(46-31-36(3)32-47(33-46)58(59,60)61)57-44(11)55(51-21-15-13-18-38(51)5)53(62-57)26-25-49-41(8)29-35(2)30-42(49)9/h12-15,17-21,23-33,41,49,62H,16,22H2,1-11H3/b24-23+,26-25+,56-52+/t41?,49-/m1/s1. The van der Waals surface area contributed by atoms with Gasteiger partial charge in [-0.1, -0.05) is 127 Å². The van der Waals surface area contributed by atoms with Gasteiger partial charge in [0.15, 0.2) is 0 Å². The highest BCUT2D eigenvalue weighted by Crippen LogP contribution is 2.46. The Bertz CT molecular complexity index is 2760. The minimum absolute atomic E-state index is 0.216. The zero-order chi connectivity index (χ0) is 44.6. The van der Waals surface area contributed by atoms with Crippen molar-refractivity contribution in [2.45, 2.75) is 95.2 Å². The third kappa shape index (κ3) is 9.02. The quantitative estimate of drug-likeness (QED) is 0.160. The van der Waals surface area contributed by atoms with Crippen molar-refractivity contribution in [3.8, 4) is 11.1 Å². The first kappa shape index (κ1) is 44.2. The molecular formula is C58H60F3N. The van der Waals surface area contributed by atoms with E-state index in [9.17, 15) is 13.2 Å². The molecule has 62 heavy (non-hydrogen) atoms. The molecule has 0 saturated carbocycles. The van der Waals surface area contributed by atoms with E-state index in [0.29, 0.717) is 29.9 Å². The lowest BCUT2D eigenvalue weighted by molar-refractivity contribution is -0.137. The number of aryl methyl sites for hydroxylation is 6. The highest BCUT2D eigenvalue weighted by molar-refractivity contribution is 5.96. The summed E-state index contributed by atoms with van der Waals surface area (Å²) in [5.41, 5.74) is 21.3. The van der Waals surface area contributed by atoms with E-state index in [1.165, 1.54) is 45.5 Å². The minimum Gasteiger partial charge on any atom is -0.354 e. The molecule has 2 atom stereocenters. The Balaban J connectivity index is 1.55. The van der Waals surface area contributed by atoms with Crippen molar-refractivity contribution < 1.29 is 13.2 Å². The van der Waals surface area contributed by atoms with Crippen molar-refractivity contribution >= 4 is 23.3 Å². The number of H-pyrrole nitrogens is 1. The van der Waals surface area contributed by atoms with Gasteiger partial charge in [-0.25, -0.2) is 0 Å². The number of aromatic nitrogens is 1. The van der Waals surface area contributed by atoms with Crippen LogP contribution in [-0.4, -0.2) is 4.98 Å². The van der Waals surface area contributed by atoms with Gasteiger partial charge in [-0.15, -0.1) is 0 Å². The number of nitrogens with one attached hydrogen (secondary N) is 1. The number of halogens is 3. The van der Waals surface area contributed by atoms with Crippen molar-refractivity contribution in [1.29, 1.82) is 0 Å². The fraction of sp³-hybridized carbons (Fsp3) is 0.276. The topological polar surface area (TPSA) is 15.8 Å². The molecule has 5 aromatic rings. The molecule has 4 aromatic carbocycles. The van der Waals surface area contributed by atoms with Crippen LogP contribution >= 0.6 is 0 Å². The third-order valence-electron chi connectivity index (χ3n) is 12.9. The molecule has 7 rings (SSSR count). The predicted octanol–water partition coefficient (Wildman–Crippen LogP) is 16.7. The Labute approximate surface area is 367 Å². The van der Waals surface area contributed by atoms with Crippen LogP contribution in [-0.2, 0) is 6.18 Å². The molecule has 0 saturated heterocycles. The Kier molecular flexibility index (Phi) is 12.7. The largest absolute Gasteiger partial charge is 0.416 e. The molecule has 1 unspecified atom stereocenters. The van der Waals surface area contributed by atoms with Gasteiger partial charge in [-0.3, -0.25) is 0 Å². The first-order chi connectivity index (χ1) is 29.4. The van der Waals surface area contributed by atoms with Gasteiger partial charge in [0.1, 0.15) is 0 Å². The van der Waals surface area contributed by atoms with Gasteiger partial charge in [0, 0.05) is 22.7 Å². The van der Waals surface area contributed by atoms with Crippen LogP contribution in [0, 0.1) is 60.3 Å². The zero-order valence-corrected chi connectivity index (χ0v) is 38.2. The molecule has 1 N–H and O–H groups in total. The second kappa shape index (κ2) is 17.8. The van der Waals surface area contributed by atoms with Gasteiger partial charge < -0.3 is 4.98 Å². The lowest BCUT2D eigenvalue weighted by atomic mass is 9.81. The molecule has 1 nitrogen and oxygen atoms in total. The van der Waals surface area contributed by atoms with Crippen LogP contribution in [0.2, 0.25) is 0 Å². The van der Waals surface area contributed by atoms with Crippen molar-refractivity contribution in [2.24, 2.45) is 11.8 Å². The van der Waals surface area contributed by atoms with Crippen LogP contribution in [0.1, 0.15) is 113 Å².